The van der Waals surface area contributed by atoms with E-state index in [-0.39, 0.29) is 0 Å². The summed E-state index contributed by atoms with van der Waals surface area (Å²) in [6, 6.07) is 14.6. The van der Waals surface area contributed by atoms with E-state index in [2.05, 4.69) is 27.3 Å². The van der Waals surface area contributed by atoms with Crippen LogP contribution in [-0.4, -0.2) is 8.42 Å². The van der Waals surface area contributed by atoms with Gasteiger partial charge in [-0.2, -0.15) is 0 Å². The molecule has 2 aromatic carbocycles. The maximum atomic E-state index is 12.1. The van der Waals surface area contributed by atoms with Crippen molar-refractivity contribution >= 4 is 32.6 Å². The van der Waals surface area contributed by atoms with Gasteiger partial charge >= 0.3 is 0 Å². The summed E-state index contributed by atoms with van der Waals surface area (Å²) >= 11 is 2.21. The quantitative estimate of drug-likeness (QED) is 0.820. The van der Waals surface area contributed by atoms with E-state index in [0.29, 0.717) is 11.4 Å². The minimum absolute atomic E-state index is 0.295. The molecule has 0 aromatic heterocycles. The van der Waals surface area contributed by atoms with Gasteiger partial charge in [-0.05, 0) is 59.3 Å². The van der Waals surface area contributed by atoms with E-state index in [1.54, 1.807) is 24.3 Å². The highest BCUT2D eigenvalue weighted by Gasteiger charge is 2.12. The van der Waals surface area contributed by atoms with E-state index in [1.807, 2.05) is 31.2 Å². The Kier molecular flexibility index (Phi) is 4.59. The van der Waals surface area contributed by atoms with Gasteiger partial charge in [0.25, 0.3) is 0 Å². The third kappa shape index (κ3) is 4.02. The molecule has 2 aromatic rings. The number of sulfonamides is 1. The van der Waals surface area contributed by atoms with Crippen LogP contribution in [0.1, 0.15) is 11.1 Å². The summed E-state index contributed by atoms with van der Waals surface area (Å²) in [7, 11) is -3.44. The second kappa shape index (κ2) is 6.02. The first-order valence-electron chi connectivity index (χ1n) is 5.78. The smallest absolute Gasteiger partial charge is 0.207 e. The van der Waals surface area contributed by atoms with Crippen LogP contribution in [0.15, 0.2) is 53.4 Å². The average molecular weight is 387 g/mol. The largest absolute Gasteiger partial charge is 0.240 e. The summed E-state index contributed by atoms with van der Waals surface area (Å²) < 4.78 is 27.9. The van der Waals surface area contributed by atoms with E-state index >= 15 is 0 Å². The zero-order valence-corrected chi connectivity index (χ0v) is 13.4. The van der Waals surface area contributed by atoms with Crippen LogP contribution in [0.3, 0.4) is 0 Å². The van der Waals surface area contributed by atoms with Crippen molar-refractivity contribution in [3.63, 3.8) is 0 Å². The van der Waals surface area contributed by atoms with Crippen LogP contribution in [0.2, 0.25) is 0 Å². The van der Waals surface area contributed by atoms with Crippen molar-refractivity contribution in [1.29, 1.82) is 0 Å². The molecule has 3 nitrogen and oxygen atoms in total. The lowest BCUT2D eigenvalue weighted by molar-refractivity contribution is 0.581. The normalized spacial score (nSPS) is 11.5. The molecular weight excluding hydrogens is 373 g/mol. The topological polar surface area (TPSA) is 46.2 Å². The Morgan fingerprint density at radius 3 is 2.16 bits per heavy atom. The van der Waals surface area contributed by atoms with Crippen LogP contribution in [0.4, 0.5) is 0 Å². The Morgan fingerprint density at radius 2 is 1.58 bits per heavy atom. The Balaban J connectivity index is 2.09. The minimum Gasteiger partial charge on any atom is -0.207 e. The zero-order valence-electron chi connectivity index (χ0n) is 10.4. The molecule has 0 amide bonds. The Hall–Kier alpha value is -0.920. The van der Waals surface area contributed by atoms with Crippen molar-refractivity contribution < 1.29 is 8.42 Å². The van der Waals surface area contributed by atoms with Gasteiger partial charge in [0.15, 0.2) is 0 Å². The predicted octanol–water partition coefficient (Wildman–Crippen LogP) is 3.08. The van der Waals surface area contributed by atoms with Gasteiger partial charge in [-0.1, -0.05) is 29.8 Å². The molecule has 100 valence electrons. The second-order valence-corrected chi connectivity index (χ2v) is 7.28. The molecule has 0 saturated carbocycles. The van der Waals surface area contributed by atoms with Crippen LogP contribution in [0, 0.1) is 10.5 Å². The molecule has 0 atom stereocenters. The van der Waals surface area contributed by atoms with Crippen molar-refractivity contribution in [2.24, 2.45) is 0 Å². The predicted molar refractivity (Wildman–Crippen MR) is 84.4 cm³/mol. The van der Waals surface area contributed by atoms with Crippen LogP contribution < -0.4 is 4.72 Å². The lowest BCUT2D eigenvalue weighted by Crippen LogP contribution is -2.23. The zero-order chi connectivity index (χ0) is 13.9. The number of aryl methyl sites for hydroxylation is 1. The van der Waals surface area contributed by atoms with Gasteiger partial charge in [-0.15, -0.1) is 0 Å². The summed E-state index contributed by atoms with van der Waals surface area (Å²) in [5.41, 5.74) is 1.98. The molecule has 0 unspecified atom stereocenters. The monoisotopic (exact) mass is 387 g/mol. The van der Waals surface area contributed by atoms with Crippen molar-refractivity contribution in [2.45, 2.75) is 18.4 Å². The van der Waals surface area contributed by atoms with Crippen LogP contribution in [0.5, 0.6) is 0 Å². The molecule has 0 bridgehead atoms. The number of halogens is 1. The maximum absolute atomic E-state index is 12.1. The molecule has 0 saturated heterocycles. The fourth-order valence-corrected chi connectivity index (χ4v) is 2.96. The molecule has 19 heavy (non-hydrogen) atoms. The lowest BCUT2D eigenvalue weighted by atomic mass is 10.2. The highest BCUT2D eigenvalue weighted by molar-refractivity contribution is 14.1. The highest BCUT2D eigenvalue weighted by Crippen LogP contribution is 2.11. The third-order valence-corrected chi connectivity index (χ3v) is 4.85. The number of hydrogen-bond acceptors (Lipinski definition) is 2. The summed E-state index contributed by atoms with van der Waals surface area (Å²) in [6.45, 7) is 2.22. The van der Waals surface area contributed by atoms with E-state index < -0.39 is 10.0 Å². The molecule has 0 spiro atoms. The summed E-state index contributed by atoms with van der Waals surface area (Å²) in [5.74, 6) is 0. The van der Waals surface area contributed by atoms with E-state index in [4.69, 9.17) is 0 Å². The Labute approximate surface area is 127 Å². The van der Waals surface area contributed by atoms with Crippen molar-refractivity contribution in [2.75, 3.05) is 0 Å². The third-order valence-electron chi connectivity index (χ3n) is 2.71. The summed E-state index contributed by atoms with van der Waals surface area (Å²) in [5, 5.41) is 0. The first kappa shape index (κ1) is 14.5. The summed E-state index contributed by atoms with van der Waals surface area (Å²) in [4.78, 5) is 0.295. The second-order valence-electron chi connectivity index (χ2n) is 4.26. The van der Waals surface area contributed by atoms with Gasteiger partial charge in [0.05, 0.1) is 4.90 Å². The minimum atomic E-state index is -3.44. The maximum Gasteiger partial charge on any atom is 0.240 e. The molecule has 0 aliphatic heterocycles. The van der Waals surface area contributed by atoms with Gasteiger partial charge in [0.2, 0.25) is 10.0 Å². The van der Waals surface area contributed by atoms with E-state index in [1.165, 1.54) is 0 Å². The van der Waals surface area contributed by atoms with Gasteiger partial charge in [0, 0.05) is 10.1 Å². The average Bonchev–Trinajstić information content (AvgIpc) is 2.39. The number of nitrogens with one attached hydrogen (secondary N) is 1. The SMILES string of the molecule is Cc1ccc(S(=O)(=O)NCc2ccc(I)cc2)cc1. The van der Waals surface area contributed by atoms with E-state index in [9.17, 15) is 8.42 Å². The Morgan fingerprint density at radius 1 is 1.00 bits per heavy atom. The molecule has 0 aliphatic carbocycles. The molecule has 0 radical (unpaired) electrons. The van der Waals surface area contributed by atoms with Gasteiger partial charge in [-0.25, -0.2) is 13.1 Å². The molecule has 1 N–H and O–H groups in total. The molecule has 5 heteroatoms. The molecular formula is C14H14INO2S. The standard InChI is InChI=1S/C14H14INO2S/c1-11-2-8-14(9-3-11)19(17,18)16-10-12-4-6-13(15)7-5-12/h2-9,16H,10H2,1H3. The van der Waals surface area contributed by atoms with Crippen molar-refractivity contribution in [3.8, 4) is 0 Å². The van der Waals surface area contributed by atoms with E-state index in [0.717, 1.165) is 14.7 Å². The molecule has 0 aliphatic rings. The van der Waals surface area contributed by atoms with Gasteiger partial charge < -0.3 is 0 Å². The van der Waals surface area contributed by atoms with Crippen molar-refractivity contribution in [1.82, 2.24) is 4.72 Å². The van der Waals surface area contributed by atoms with Gasteiger partial charge in [0.1, 0.15) is 0 Å². The van der Waals surface area contributed by atoms with Gasteiger partial charge in [-0.3, -0.25) is 0 Å². The fraction of sp³-hybridized carbons (Fsp3) is 0.143. The molecule has 0 heterocycles. The molecule has 2 rings (SSSR count). The van der Waals surface area contributed by atoms with Crippen LogP contribution in [0.25, 0.3) is 0 Å². The number of benzene rings is 2. The first-order valence-corrected chi connectivity index (χ1v) is 8.34. The summed E-state index contributed by atoms with van der Waals surface area (Å²) in [6.07, 6.45) is 0. The number of rotatable bonds is 4. The Bertz CT molecular complexity index is 649. The first-order chi connectivity index (χ1) is 8.97. The van der Waals surface area contributed by atoms with Crippen molar-refractivity contribution in [3.05, 3.63) is 63.2 Å². The number of hydrogen-bond donors (Lipinski definition) is 1. The molecule has 0 fully saturated rings. The van der Waals surface area contributed by atoms with Crippen LogP contribution in [-0.2, 0) is 16.6 Å². The van der Waals surface area contributed by atoms with Crippen LogP contribution >= 0.6 is 22.6 Å². The lowest BCUT2D eigenvalue weighted by Gasteiger charge is -2.07. The fourth-order valence-electron chi connectivity index (χ4n) is 1.58. The highest BCUT2D eigenvalue weighted by atomic mass is 127.